The highest BCUT2D eigenvalue weighted by atomic mass is 32.2. The summed E-state index contributed by atoms with van der Waals surface area (Å²) in [4.78, 5) is 26.6. The molecule has 7 nitrogen and oxygen atoms in total. The minimum Gasteiger partial charge on any atom is -0.486 e. The number of nitrogens with one attached hydrogen (secondary N) is 2. The highest BCUT2D eigenvalue weighted by molar-refractivity contribution is 8.00. The van der Waals surface area contributed by atoms with Gasteiger partial charge in [0.1, 0.15) is 18.5 Å². The number of furan rings is 1. The van der Waals surface area contributed by atoms with Crippen molar-refractivity contribution >= 4 is 35.0 Å². The topological polar surface area (TPSA) is 89.8 Å². The van der Waals surface area contributed by atoms with Crippen LogP contribution in [-0.4, -0.2) is 25.0 Å². The lowest BCUT2D eigenvalue weighted by Gasteiger charge is -2.20. The van der Waals surface area contributed by atoms with Crippen LogP contribution in [0.1, 0.15) is 21.4 Å². The SMILES string of the molecule is O=C(Nc1cccc(SC(C(=O)Nc2ccc3c(c2)OCCO3)c2ccccc2)c1)c1ccco1. The molecule has 1 aliphatic heterocycles. The third-order valence-electron chi connectivity index (χ3n) is 5.24. The molecule has 2 amide bonds. The molecule has 35 heavy (non-hydrogen) atoms. The molecule has 1 atom stereocenters. The summed E-state index contributed by atoms with van der Waals surface area (Å²) < 4.78 is 16.4. The summed E-state index contributed by atoms with van der Waals surface area (Å²) in [5.41, 5.74) is 2.09. The largest absolute Gasteiger partial charge is 0.486 e. The van der Waals surface area contributed by atoms with Crippen LogP contribution in [0, 0.1) is 0 Å². The Morgan fingerprint density at radius 2 is 1.57 bits per heavy atom. The van der Waals surface area contributed by atoms with E-state index in [0.29, 0.717) is 36.1 Å². The van der Waals surface area contributed by atoms with Crippen molar-refractivity contribution in [3.05, 3.63) is 103 Å². The zero-order valence-corrected chi connectivity index (χ0v) is 19.4. The van der Waals surface area contributed by atoms with Crippen LogP contribution in [0.3, 0.4) is 0 Å². The molecule has 1 aromatic heterocycles. The molecule has 0 saturated carbocycles. The molecule has 8 heteroatoms. The Balaban J connectivity index is 1.35. The first-order valence-corrected chi connectivity index (χ1v) is 11.9. The fraction of sp³-hybridized carbons (Fsp3) is 0.111. The maximum atomic E-state index is 13.4. The molecule has 2 N–H and O–H groups in total. The molecule has 5 rings (SSSR count). The Kier molecular flexibility index (Phi) is 6.72. The normalized spacial score (nSPS) is 13.0. The summed E-state index contributed by atoms with van der Waals surface area (Å²) in [7, 11) is 0. The lowest BCUT2D eigenvalue weighted by atomic mass is 10.1. The Morgan fingerprint density at radius 3 is 2.37 bits per heavy atom. The van der Waals surface area contributed by atoms with Crippen LogP contribution in [0.2, 0.25) is 0 Å². The van der Waals surface area contributed by atoms with Gasteiger partial charge in [-0.15, -0.1) is 11.8 Å². The van der Waals surface area contributed by atoms with E-state index in [4.69, 9.17) is 13.9 Å². The number of benzene rings is 3. The zero-order valence-electron chi connectivity index (χ0n) is 18.6. The fourth-order valence-corrected chi connectivity index (χ4v) is 4.70. The first-order chi connectivity index (χ1) is 17.2. The van der Waals surface area contributed by atoms with Crippen LogP contribution >= 0.6 is 11.8 Å². The van der Waals surface area contributed by atoms with Crippen molar-refractivity contribution in [2.45, 2.75) is 10.1 Å². The zero-order chi connectivity index (χ0) is 24.0. The predicted molar refractivity (Wildman–Crippen MR) is 134 cm³/mol. The molecule has 4 aromatic rings. The van der Waals surface area contributed by atoms with Gasteiger partial charge in [0, 0.05) is 22.3 Å². The summed E-state index contributed by atoms with van der Waals surface area (Å²) in [5.74, 6) is 0.981. The number of fused-ring (bicyclic) bond motifs is 1. The van der Waals surface area contributed by atoms with Gasteiger partial charge in [-0.1, -0.05) is 36.4 Å². The standard InChI is InChI=1S/C27H22N2O5S/c30-26(23-10-5-13-32-23)28-19-8-4-9-21(16-19)35-25(18-6-2-1-3-7-18)27(31)29-20-11-12-22-24(17-20)34-15-14-33-22/h1-13,16-17,25H,14-15H2,(H,28,30)(H,29,31). The lowest BCUT2D eigenvalue weighted by molar-refractivity contribution is -0.115. The summed E-state index contributed by atoms with van der Waals surface area (Å²) in [5, 5.41) is 5.29. The minimum absolute atomic E-state index is 0.178. The molecule has 2 heterocycles. The number of carbonyl (C=O) groups excluding carboxylic acids is 2. The minimum atomic E-state index is -0.527. The van der Waals surface area contributed by atoms with Crippen molar-refractivity contribution in [3.8, 4) is 11.5 Å². The predicted octanol–water partition coefficient (Wildman–Crippen LogP) is 5.78. The smallest absolute Gasteiger partial charge is 0.291 e. The van der Waals surface area contributed by atoms with Gasteiger partial charge >= 0.3 is 0 Å². The molecular formula is C27H22N2O5S. The molecular weight excluding hydrogens is 464 g/mol. The van der Waals surface area contributed by atoms with Gasteiger partial charge in [-0.2, -0.15) is 0 Å². The van der Waals surface area contributed by atoms with Gasteiger partial charge < -0.3 is 24.5 Å². The van der Waals surface area contributed by atoms with Crippen LogP contribution in [0.15, 0.2) is 101 Å². The maximum absolute atomic E-state index is 13.4. The number of hydrogen-bond acceptors (Lipinski definition) is 6. The number of amides is 2. The van der Waals surface area contributed by atoms with E-state index >= 15 is 0 Å². The van der Waals surface area contributed by atoms with Crippen LogP contribution in [0.25, 0.3) is 0 Å². The highest BCUT2D eigenvalue weighted by Crippen LogP contribution is 2.38. The monoisotopic (exact) mass is 486 g/mol. The molecule has 1 unspecified atom stereocenters. The molecule has 0 saturated heterocycles. The Hall–Kier alpha value is -4.17. The second-order valence-electron chi connectivity index (χ2n) is 7.72. The number of anilines is 2. The van der Waals surface area contributed by atoms with Crippen molar-refractivity contribution in [1.82, 2.24) is 0 Å². The number of ether oxygens (including phenoxy) is 2. The van der Waals surface area contributed by atoms with E-state index in [1.807, 2.05) is 48.5 Å². The Bertz CT molecular complexity index is 1320. The van der Waals surface area contributed by atoms with Gasteiger partial charge in [-0.3, -0.25) is 9.59 Å². The van der Waals surface area contributed by atoms with E-state index in [0.717, 1.165) is 10.5 Å². The lowest BCUT2D eigenvalue weighted by Crippen LogP contribution is -2.20. The molecule has 0 radical (unpaired) electrons. The first kappa shape index (κ1) is 22.6. The molecule has 1 aliphatic rings. The molecule has 176 valence electrons. The highest BCUT2D eigenvalue weighted by Gasteiger charge is 2.23. The second kappa shape index (κ2) is 10.4. The third-order valence-corrected chi connectivity index (χ3v) is 6.49. The van der Waals surface area contributed by atoms with Gasteiger partial charge in [0.2, 0.25) is 5.91 Å². The molecule has 0 spiro atoms. The summed E-state index contributed by atoms with van der Waals surface area (Å²) in [6.07, 6.45) is 1.45. The van der Waals surface area contributed by atoms with Crippen molar-refractivity contribution in [3.63, 3.8) is 0 Å². The quantitative estimate of drug-likeness (QED) is 0.322. The Labute approximate surface area is 206 Å². The van der Waals surface area contributed by atoms with Crippen LogP contribution < -0.4 is 20.1 Å². The molecule has 0 fully saturated rings. The van der Waals surface area contributed by atoms with Crippen molar-refractivity contribution in [2.24, 2.45) is 0 Å². The van der Waals surface area contributed by atoms with E-state index in [9.17, 15) is 9.59 Å². The van der Waals surface area contributed by atoms with Gasteiger partial charge in [-0.05, 0) is 48.0 Å². The van der Waals surface area contributed by atoms with E-state index < -0.39 is 5.25 Å². The molecule has 3 aromatic carbocycles. The number of hydrogen-bond donors (Lipinski definition) is 2. The average Bonchev–Trinajstić information content (AvgIpc) is 3.43. The van der Waals surface area contributed by atoms with Crippen LogP contribution in [0.4, 0.5) is 11.4 Å². The van der Waals surface area contributed by atoms with E-state index in [1.165, 1.54) is 18.0 Å². The summed E-state index contributed by atoms with van der Waals surface area (Å²) in [6.45, 7) is 0.978. The van der Waals surface area contributed by atoms with Gasteiger partial charge in [0.25, 0.3) is 5.91 Å². The average molecular weight is 487 g/mol. The first-order valence-electron chi connectivity index (χ1n) is 11.0. The molecule has 0 bridgehead atoms. The van der Waals surface area contributed by atoms with Crippen molar-refractivity contribution < 1.29 is 23.5 Å². The van der Waals surface area contributed by atoms with E-state index in [2.05, 4.69) is 10.6 Å². The third kappa shape index (κ3) is 5.50. The number of thioether (sulfide) groups is 1. The van der Waals surface area contributed by atoms with Crippen LogP contribution in [0.5, 0.6) is 11.5 Å². The van der Waals surface area contributed by atoms with E-state index in [-0.39, 0.29) is 17.6 Å². The van der Waals surface area contributed by atoms with Gasteiger partial charge in [0.15, 0.2) is 17.3 Å². The molecule has 0 aliphatic carbocycles. The fourth-order valence-electron chi connectivity index (χ4n) is 3.61. The second-order valence-corrected chi connectivity index (χ2v) is 8.89. The van der Waals surface area contributed by atoms with Gasteiger partial charge in [-0.25, -0.2) is 0 Å². The van der Waals surface area contributed by atoms with E-state index in [1.54, 1.807) is 36.4 Å². The number of rotatable bonds is 7. The summed E-state index contributed by atoms with van der Waals surface area (Å²) >= 11 is 1.39. The Morgan fingerprint density at radius 1 is 0.771 bits per heavy atom. The summed E-state index contributed by atoms with van der Waals surface area (Å²) in [6, 6.07) is 25.5. The maximum Gasteiger partial charge on any atom is 0.291 e. The van der Waals surface area contributed by atoms with Gasteiger partial charge in [0.05, 0.1) is 6.26 Å². The van der Waals surface area contributed by atoms with Crippen molar-refractivity contribution in [1.29, 1.82) is 0 Å². The van der Waals surface area contributed by atoms with Crippen molar-refractivity contribution in [2.75, 3.05) is 23.8 Å². The van der Waals surface area contributed by atoms with Crippen LogP contribution in [-0.2, 0) is 4.79 Å². The number of carbonyl (C=O) groups is 2.